The molecule has 2 rings (SSSR count). The second-order valence-electron chi connectivity index (χ2n) is 6.39. The van der Waals surface area contributed by atoms with Gasteiger partial charge in [0.25, 0.3) is 0 Å². The molecule has 28 heavy (non-hydrogen) atoms. The zero-order valence-corrected chi connectivity index (χ0v) is 17.0. The van der Waals surface area contributed by atoms with Crippen molar-refractivity contribution in [1.29, 1.82) is 0 Å². The van der Waals surface area contributed by atoms with Crippen LogP contribution < -0.4 is 16.4 Å². The number of hydrogen-bond donors (Lipinski definition) is 5. The van der Waals surface area contributed by atoms with Crippen molar-refractivity contribution in [1.82, 2.24) is 5.32 Å². The highest BCUT2D eigenvalue weighted by atomic mass is 35.5. The van der Waals surface area contributed by atoms with Gasteiger partial charge < -0.3 is 21.5 Å². The standard InChI is InChI=1S/C20H24ClN3O3S/c21-14-11-16(19(26)17(28)12-14)24-18(25)9-8-15(22)20(27)23-10-4-7-13-5-2-1-3-6-13/h1-3,5-6,11-12,15,26,28H,4,7-10,22H2,(H,23,27)(H,24,25)/t15-/m0/s1. The lowest BCUT2D eigenvalue weighted by atomic mass is 10.1. The summed E-state index contributed by atoms with van der Waals surface area (Å²) in [5.41, 5.74) is 7.24. The van der Waals surface area contributed by atoms with Crippen LogP contribution in [0.3, 0.4) is 0 Å². The van der Waals surface area contributed by atoms with Crippen molar-refractivity contribution in [3.05, 3.63) is 53.1 Å². The Labute approximate surface area is 174 Å². The Morgan fingerprint density at radius 1 is 1.21 bits per heavy atom. The number of nitrogens with one attached hydrogen (secondary N) is 2. The molecule has 2 aromatic carbocycles. The van der Waals surface area contributed by atoms with Gasteiger partial charge in [-0.15, -0.1) is 12.6 Å². The third-order valence-electron chi connectivity index (χ3n) is 4.13. The largest absolute Gasteiger partial charge is 0.505 e. The third-order valence-corrected chi connectivity index (χ3v) is 4.69. The van der Waals surface area contributed by atoms with Crippen LogP contribution >= 0.6 is 24.2 Å². The van der Waals surface area contributed by atoms with Crippen LogP contribution in [0.5, 0.6) is 5.75 Å². The van der Waals surface area contributed by atoms with Gasteiger partial charge in [-0.05, 0) is 37.0 Å². The molecule has 0 radical (unpaired) electrons. The first-order valence-corrected chi connectivity index (χ1v) is 9.78. The molecule has 0 aliphatic carbocycles. The molecule has 1 atom stereocenters. The second kappa shape index (κ2) is 10.9. The molecule has 150 valence electrons. The molecule has 0 saturated carbocycles. The maximum absolute atomic E-state index is 12.1. The summed E-state index contributed by atoms with van der Waals surface area (Å²) in [7, 11) is 0. The molecule has 0 unspecified atom stereocenters. The van der Waals surface area contributed by atoms with E-state index in [9.17, 15) is 14.7 Å². The number of hydrogen-bond acceptors (Lipinski definition) is 5. The van der Waals surface area contributed by atoms with E-state index in [-0.39, 0.29) is 41.0 Å². The Morgan fingerprint density at radius 3 is 2.64 bits per heavy atom. The minimum atomic E-state index is -0.782. The van der Waals surface area contributed by atoms with E-state index in [1.807, 2.05) is 30.3 Å². The lowest BCUT2D eigenvalue weighted by molar-refractivity contribution is -0.122. The van der Waals surface area contributed by atoms with Crippen LogP contribution in [-0.2, 0) is 16.0 Å². The third kappa shape index (κ3) is 7.07. The number of nitrogens with two attached hydrogens (primary N) is 1. The summed E-state index contributed by atoms with van der Waals surface area (Å²) in [5.74, 6) is -0.830. The number of rotatable bonds is 9. The van der Waals surface area contributed by atoms with Crippen molar-refractivity contribution in [3.63, 3.8) is 0 Å². The first-order valence-electron chi connectivity index (χ1n) is 8.95. The van der Waals surface area contributed by atoms with E-state index in [2.05, 4.69) is 23.3 Å². The highest BCUT2D eigenvalue weighted by Crippen LogP contribution is 2.33. The monoisotopic (exact) mass is 421 g/mol. The SMILES string of the molecule is N[C@@H](CCC(=O)Nc1cc(Cl)cc(S)c1O)C(=O)NCCCc1ccccc1. The fourth-order valence-corrected chi connectivity index (χ4v) is 3.14. The molecule has 0 heterocycles. The number of carbonyl (C=O) groups excluding carboxylic acids is 2. The number of benzene rings is 2. The summed E-state index contributed by atoms with van der Waals surface area (Å²) in [6.07, 6.45) is 1.90. The smallest absolute Gasteiger partial charge is 0.236 e. The van der Waals surface area contributed by atoms with Gasteiger partial charge in [0.1, 0.15) is 0 Å². The van der Waals surface area contributed by atoms with Crippen molar-refractivity contribution in [3.8, 4) is 5.75 Å². The second-order valence-corrected chi connectivity index (χ2v) is 7.31. The number of amides is 2. The number of halogens is 1. The molecule has 0 aliphatic rings. The summed E-state index contributed by atoms with van der Waals surface area (Å²) in [6.45, 7) is 0.523. The van der Waals surface area contributed by atoms with Crippen molar-refractivity contribution in [2.75, 3.05) is 11.9 Å². The number of anilines is 1. The quantitative estimate of drug-likeness (QED) is 0.244. The van der Waals surface area contributed by atoms with Crippen molar-refractivity contribution in [2.45, 2.75) is 36.6 Å². The first kappa shape index (κ1) is 22.1. The molecule has 2 amide bonds. The molecule has 6 nitrogen and oxygen atoms in total. The average Bonchev–Trinajstić information content (AvgIpc) is 2.67. The minimum Gasteiger partial charge on any atom is -0.505 e. The fraction of sp³-hybridized carbons (Fsp3) is 0.300. The molecule has 8 heteroatoms. The van der Waals surface area contributed by atoms with Gasteiger partial charge in [-0.3, -0.25) is 9.59 Å². The van der Waals surface area contributed by atoms with Gasteiger partial charge in [-0.1, -0.05) is 41.9 Å². The van der Waals surface area contributed by atoms with Crippen molar-refractivity contribution >= 4 is 41.7 Å². The molecule has 0 saturated heterocycles. The van der Waals surface area contributed by atoms with Gasteiger partial charge in [0, 0.05) is 22.9 Å². The number of phenolic OH excluding ortho intramolecular Hbond substituents is 1. The van der Waals surface area contributed by atoms with Crippen LogP contribution in [0.4, 0.5) is 5.69 Å². The Hall–Kier alpha value is -2.22. The van der Waals surface area contributed by atoms with Crippen LogP contribution in [0.1, 0.15) is 24.8 Å². The van der Waals surface area contributed by atoms with Crippen LogP contribution in [0.2, 0.25) is 5.02 Å². The number of carbonyl (C=O) groups is 2. The van der Waals surface area contributed by atoms with E-state index in [1.54, 1.807) is 0 Å². The zero-order valence-electron chi connectivity index (χ0n) is 15.3. The molecule has 0 spiro atoms. The Morgan fingerprint density at radius 2 is 1.93 bits per heavy atom. The Balaban J connectivity index is 1.70. The molecule has 0 aromatic heterocycles. The van der Waals surface area contributed by atoms with E-state index in [0.29, 0.717) is 11.6 Å². The number of aryl methyl sites for hydroxylation is 1. The van der Waals surface area contributed by atoms with E-state index >= 15 is 0 Å². The summed E-state index contributed by atoms with van der Waals surface area (Å²) in [6, 6.07) is 12.1. The minimum absolute atomic E-state index is 0.0342. The van der Waals surface area contributed by atoms with Gasteiger partial charge >= 0.3 is 0 Å². The molecule has 0 aliphatic heterocycles. The fourth-order valence-electron chi connectivity index (χ4n) is 2.59. The normalized spacial score (nSPS) is 11.7. The lowest BCUT2D eigenvalue weighted by Gasteiger charge is -2.13. The van der Waals surface area contributed by atoms with Crippen molar-refractivity contribution < 1.29 is 14.7 Å². The number of phenols is 1. The van der Waals surface area contributed by atoms with Gasteiger partial charge in [0.2, 0.25) is 11.8 Å². The summed E-state index contributed by atoms with van der Waals surface area (Å²) in [5, 5.41) is 15.6. The maximum atomic E-state index is 12.1. The van der Waals surface area contributed by atoms with E-state index in [4.69, 9.17) is 17.3 Å². The van der Waals surface area contributed by atoms with Gasteiger partial charge in [-0.25, -0.2) is 0 Å². The van der Waals surface area contributed by atoms with Crippen LogP contribution in [0.25, 0.3) is 0 Å². The number of thiol groups is 1. The molecule has 0 bridgehead atoms. The van der Waals surface area contributed by atoms with Crippen LogP contribution in [-0.4, -0.2) is 29.5 Å². The lowest BCUT2D eigenvalue weighted by Crippen LogP contribution is -2.41. The predicted octanol–water partition coefficient (Wildman–Crippen LogP) is 3.13. The van der Waals surface area contributed by atoms with Gasteiger partial charge in [-0.2, -0.15) is 0 Å². The molecule has 2 aromatic rings. The molecular formula is C20H24ClN3O3S. The summed E-state index contributed by atoms with van der Waals surface area (Å²) in [4.78, 5) is 24.3. The van der Waals surface area contributed by atoms with Gasteiger partial charge in [0.05, 0.1) is 11.7 Å². The van der Waals surface area contributed by atoms with E-state index < -0.39 is 6.04 Å². The van der Waals surface area contributed by atoms with Gasteiger partial charge in [0.15, 0.2) is 5.75 Å². The highest BCUT2D eigenvalue weighted by molar-refractivity contribution is 7.80. The van der Waals surface area contributed by atoms with Crippen LogP contribution in [0, 0.1) is 0 Å². The Bertz CT molecular complexity index is 818. The molecule has 0 fully saturated rings. The highest BCUT2D eigenvalue weighted by Gasteiger charge is 2.16. The average molecular weight is 422 g/mol. The molecule has 5 N–H and O–H groups in total. The Kier molecular flexibility index (Phi) is 8.63. The predicted molar refractivity (Wildman–Crippen MR) is 114 cm³/mol. The van der Waals surface area contributed by atoms with E-state index in [1.165, 1.54) is 17.7 Å². The zero-order chi connectivity index (χ0) is 20.5. The number of aromatic hydroxyl groups is 1. The maximum Gasteiger partial charge on any atom is 0.236 e. The summed E-state index contributed by atoms with van der Waals surface area (Å²) < 4.78 is 0. The van der Waals surface area contributed by atoms with Crippen molar-refractivity contribution in [2.24, 2.45) is 5.73 Å². The van der Waals surface area contributed by atoms with E-state index in [0.717, 1.165) is 12.8 Å². The topological polar surface area (TPSA) is 104 Å². The molecular weight excluding hydrogens is 398 g/mol. The van der Waals surface area contributed by atoms with Crippen LogP contribution in [0.15, 0.2) is 47.4 Å². The first-order chi connectivity index (χ1) is 13.4. The summed E-state index contributed by atoms with van der Waals surface area (Å²) >= 11 is 9.97.